The van der Waals surface area contributed by atoms with Gasteiger partial charge in [0.25, 0.3) is 0 Å². The molecule has 11 heteroatoms. The van der Waals surface area contributed by atoms with Gasteiger partial charge in [-0.1, -0.05) is 25.1 Å². The third-order valence-corrected chi connectivity index (χ3v) is 4.67. The lowest BCUT2D eigenvalue weighted by molar-refractivity contribution is -0.141. The van der Waals surface area contributed by atoms with E-state index in [2.05, 4.69) is 15.5 Å². The third kappa shape index (κ3) is 4.98. The summed E-state index contributed by atoms with van der Waals surface area (Å²) in [5, 5.41) is 10.4. The van der Waals surface area contributed by atoms with Gasteiger partial charge in [-0.25, -0.2) is 9.48 Å². The predicted molar refractivity (Wildman–Crippen MR) is 109 cm³/mol. The highest BCUT2D eigenvalue weighted by Gasteiger charge is 2.34. The van der Waals surface area contributed by atoms with E-state index in [9.17, 15) is 22.8 Å². The van der Waals surface area contributed by atoms with E-state index in [1.807, 2.05) is 0 Å². The van der Waals surface area contributed by atoms with Gasteiger partial charge in [0.1, 0.15) is 5.56 Å². The Morgan fingerprint density at radius 1 is 1.22 bits per heavy atom. The summed E-state index contributed by atoms with van der Waals surface area (Å²) >= 11 is 0. The van der Waals surface area contributed by atoms with Crippen molar-refractivity contribution in [2.45, 2.75) is 33.5 Å². The number of halogens is 3. The minimum absolute atomic E-state index is 0.0610. The van der Waals surface area contributed by atoms with E-state index >= 15 is 0 Å². The number of aromatic nitrogens is 4. The van der Waals surface area contributed by atoms with E-state index in [1.165, 1.54) is 17.8 Å². The van der Waals surface area contributed by atoms with Crippen LogP contribution in [0.15, 0.2) is 42.6 Å². The summed E-state index contributed by atoms with van der Waals surface area (Å²) in [6.07, 6.45) is -3.28. The molecule has 0 spiro atoms. The Labute approximate surface area is 182 Å². The number of para-hydroxylation sites is 1. The average molecular weight is 449 g/mol. The van der Waals surface area contributed by atoms with Gasteiger partial charge in [-0.15, -0.1) is 0 Å². The van der Waals surface area contributed by atoms with Gasteiger partial charge in [0.15, 0.2) is 11.5 Å². The Bertz CT molecular complexity index is 1110. The monoisotopic (exact) mass is 449 g/mol. The number of ether oxygens (including phenoxy) is 1. The van der Waals surface area contributed by atoms with E-state index in [0.29, 0.717) is 5.69 Å². The fourth-order valence-electron chi connectivity index (χ4n) is 3.01. The number of aryl methyl sites for hydroxylation is 1. The molecule has 1 N–H and O–H groups in total. The fourth-order valence-corrected chi connectivity index (χ4v) is 3.01. The van der Waals surface area contributed by atoms with Crippen molar-refractivity contribution in [2.24, 2.45) is 5.92 Å². The van der Waals surface area contributed by atoms with E-state index in [-0.39, 0.29) is 30.2 Å². The molecular weight excluding hydrogens is 427 g/mol. The Morgan fingerprint density at radius 2 is 1.91 bits per heavy atom. The maximum Gasteiger partial charge on any atom is 0.435 e. The summed E-state index contributed by atoms with van der Waals surface area (Å²) in [4.78, 5) is 25.2. The van der Waals surface area contributed by atoms with Gasteiger partial charge in [0.05, 0.1) is 31.0 Å². The van der Waals surface area contributed by atoms with Crippen LogP contribution < -0.4 is 5.32 Å². The Kier molecular flexibility index (Phi) is 6.66. The Hall–Kier alpha value is -3.63. The SMILES string of the molecule is CCOC(=O)c1cnn(-c2ccccc2)c1NC(=O)C(C)Cn1nc(C(F)(F)F)cc1C. The van der Waals surface area contributed by atoms with Gasteiger partial charge in [-0.05, 0) is 32.0 Å². The number of esters is 1. The quantitative estimate of drug-likeness (QED) is 0.554. The van der Waals surface area contributed by atoms with Crippen LogP contribution in [0.1, 0.15) is 35.6 Å². The van der Waals surface area contributed by atoms with Crippen LogP contribution in [-0.2, 0) is 22.3 Å². The van der Waals surface area contributed by atoms with Crippen LogP contribution in [0.3, 0.4) is 0 Å². The first-order valence-electron chi connectivity index (χ1n) is 9.84. The van der Waals surface area contributed by atoms with Crippen molar-refractivity contribution in [3.8, 4) is 5.69 Å². The van der Waals surface area contributed by atoms with Crippen LogP contribution in [0.25, 0.3) is 5.69 Å². The van der Waals surface area contributed by atoms with Crippen molar-refractivity contribution in [1.29, 1.82) is 0 Å². The van der Waals surface area contributed by atoms with Crippen LogP contribution in [0.4, 0.5) is 19.0 Å². The number of hydrogen-bond donors (Lipinski definition) is 1. The van der Waals surface area contributed by atoms with Crippen molar-refractivity contribution in [1.82, 2.24) is 19.6 Å². The zero-order chi connectivity index (χ0) is 23.5. The molecule has 1 atom stereocenters. The molecule has 2 heterocycles. The third-order valence-electron chi connectivity index (χ3n) is 4.67. The largest absolute Gasteiger partial charge is 0.462 e. The van der Waals surface area contributed by atoms with Gasteiger partial charge < -0.3 is 10.1 Å². The first-order valence-corrected chi connectivity index (χ1v) is 9.84. The molecule has 0 saturated carbocycles. The van der Waals surface area contributed by atoms with E-state index in [0.717, 1.165) is 10.7 Å². The molecule has 8 nitrogen and oxygen atoms in total. The lowest BCUT2D eigenvalue weighted by Crippen LogP contribution is -2.27. The van der Waals surface area contributed by atoms with Crippen LogP contribution in [-0.4, -0.2) is 38.0 Å². The second kappa shape index (κ2) is 9.25. The number of anilines is 1. The summed E-state index contributed by atoms with van der Waals surface area (Å²) < 4.78 is 46.3. The lowest BCUT2D eigenvalue weighted by atomic mass is 10.1. The summed E-state index contributed by atoms with van der Waals surface area (Å²) in [6.45, 7) is 4.75. The van der Waals surface area contributed by atoms with Crippen LogP contribution >= 0.6 is 0 Å². The second-order valence-corrected chi connectivity index (χ2v) is 7.12. The van der Waals surface area contributed by atoms with Gasteiger partial charge >= 0.3 is 12.1 Å². The molecule has 0 fully saturated rings. The molecule has 32 heavy (non-hydrogen) atoms. The molecule has 170 valence electrons. The molecule has 0 bridgehead atoms. The van der Waals surface area contributed by atoms with Crippen molar-refractivity contribution in [3.63, 3.8) is 0 Å². The number of rotatable bonds is 7. The molecule has 3 rings (SSSR count). The maximum absolute atomic E-state index is 12.9. The molecule has 3 aromatic rings. The molecule has 1 unspecified atom stereocenters. The second-order valence-electron chi connectivity index (χ2n) is 7.12. The molecule has 0 aliphatic rings. The molecule has 1 amide bonds. The number of carbonyl (C=O) groups is 2. The molecule has 1 aromatic carbocycles. The summed E-state index contributed by atoms with van der Waals surface area (Å²) in [7, 11) is 0. The van der Waals surface area contributed by atoms with Gasteiger partial charge in [0.2, 0.25) is 5.91 Å². The minimum Gasteiger partial charge on any atom is -0.462 e. The van der Waals surface area contributed by atoms with E-state index in [4.69, 9.17) is 4.74 Å². The molecular formula is C21H22F3N5O3. The molecule has 2 aromatic heterocycles. The number of nitrogens with one attached hydrogen (secondary N) is 1. The van der Waals surface area contributed by atoms with Gasteiger partial charge in [-0.3, -0.25) is 9.48 Å². The van der Waals surface area contributed by atoms with Crippen molar-refractivity contribution in [2.75, 3.05) is 11.9 Å². The topological polar surface area (TPSA) is 91.0 Å². The number of alkyl halides is 3. The number of carbonyl (C=O) groups excluding carboxylic acids is 2. The van der Waals surface area contributed by atoms with E-state index < -0.39 is 29.7 Å². The Balaban J connectivity index is 1.85. The van der Waals surface area contributed by atoms with Crippen molar-refractivity contribution >= 4 is 17.7 Å². The van der Waals surface area contributed by atoms with Crippen molar-refractivity contribution in [3.05, 3.63) is 59.5 Å². The Morgan fingerprint density at radius 3 is 2.50 bits per heavy atom. The zero-order valence-corrected chi connectivity index (χ0v) is 17.7. The molecule has 0 saturated heterocycles. The first-order chi connectivity index (χ1) is 15.1. The number of nitrogens with zero attached hydrogens (tertiary/aromatic N) is 4. The highest BCUT2D eigenvalue weighted by atomic mass is 19.4. The summed E-state index contributed by atoms with van der Waals surface area (Å²) in [5.74, 6) is -1.82. The van der Waals surface area contributed by atoms with Crippen LogP contribution in [0.5, 0.6) is 0 Å². The lowest BCUT2D eigenvalue weighted by Gasteiger charge is -2.15. The molecule has 0 aliphatic carbocycles. The average Bonchev–Trinajstić information content (AvgIpc) is 3.32. The van der Waals surface area contributed by atoms with Crippen LogP contribution in [0, 0.1) is 12.8 Å². The summed E-state index contributed by atoms with van der Waals surface area (Å²) in [5.41, 5.74) is -0.0810. The molecule has 0 aliphatic heterocycles. The smallest absolute Gasteiger partial charge is 0.435 e. The standard InChI is InChI=1S/C21H22F3N5O3/c1-4-32-20(31)16-11-25-29(15-8-6-5-7-9-15)18(16)26-19(30)13(2)12-28-14(3)10-17(27-28)21(22,23)24/h5-11,13H,4,12H2,1-3H3,(H,26,30). The normalized spacial score (nSPS) is 12.4. The predicted octanol–water partition coefficient (Wildman–Crippen LogP) is 3.85. The zero-order valence-electron chi connectivity index (χ0n) is 17.7. The fraction of sp³-hybridized carbons (Fsp3) is 0.333. The number of benzene rings is 1. The molecule has 0 radical (unpaired) electrons. The highest BCUT2D eigenvalue weighted by Crippen LogP contribution is 2.29. The highest BCUT2D eigenvalue weighted by molar-refractivity contribution is 6.01. The van der Waals surface area contributed by atoms with Crippen LogP contribution in [0.2, 0.25) is 0 Å². The number of amides is 1. The van der Waals surface area contributed by atoms with Gasteiger partial charge in [0, 0.05) is 5.69 Å². The minimum atomic E-state index is -4.57. The van der Waals surface area contributed by atoms with Gasteiger partial charge in [-0.2, -0.15) is 23.4 Å². The number of hydrogen-bond acceptors (Lipinski definition) is 5. The van der Waals surface area contributed by atoms with E-state index in [1.54, 1.807) is 44.2 Å². The first kappa shape index (κ1) is 23.0. The summed E-state index contributed by atoms with van der Waals surface area (Å²) in [6, 6.07) is 9.76. The van der Waals surface area contributed by atoms with Crippen molar-refractivity contribution < 1.29 is 27.5 Å². The maximum atomic E-state index is 12.9.